The van der Waals surface area contributed by atoms with Crippen molar-refractivity contribution in [3.63, 3.8) is 0 Å². The predicted molar refractivity (Wildman–Crippen MR) is 65.4 cm³/mol. The van der Waals surface area contributed by atoms with Gasteiger partial charge in [-0.05, 0) is 20.8 Å². The fraction of sp³-hybridized carbons (Fsp3) is 0.455. The maximum absolute atomic E-state index is 4.18. The number of rotatable bonds is 4. The Bertz CT molecular complexity index is 427. The smallest absolute Gasteiger partial charge is 0.0794 e. The van der Waals surface area contributed by atoms with Crippen molar-refractivity contribution in [3.05, 3.63) is 33.5 Å². The third-order valence-corrected chi connectivity index (χ3v) is 3.70. The molecule has 0 aliphatic heterocycles. The van der Waals surface area contributed by atoms with Crippen LogP contribution in [0.4, 0.5) is 0 Å². The number of aryl methyl sites for hydroxylation is 2. The maximum Gasteiger partial charge on any atom is 0.0794 e. The number of aromatic amines is 1. The lowest BCUT2D eigenvalue weighted by atomic mass is 10.2. The first-order valence-corrected chi connectivity index (χ1v) is 6.18. The summed E-state index contributed by atoms with van der Waals surface area (Å²) in [7, 11) is 0. The standard InChI is InChI=1S/C11H16N4S/c1-7-10(8(2)15-14-7)4-13-9(3)11-5-12-6-16-11/h5-6,9,13H,4H2,1-3H3,(H,14,15). The largest absolute Gasteiger partial charge is 0.305 e. The molecule has 2 aromatic heterocycles. The zero-order valence-electron chi connectivity index (χ0n) is 9.74. The fourth-order valence-electron chi connectivity index (χ4n) is 1.63. The molecule has 0 saturated carbocycles. The summed E-state index contributed by atoms with van der Waals surface area (Å²) in [5, 5.41) is 10.7. The van der Waals surface area contributed by atoms with Crippen LogP contribution in [0.3, 0.4) is 0 Å². The van der Waals surface area contributed by atoms with Gasteiger partial charge in [-0.2, -0.15) is 5.10 Å². The minimum absolute atomic E-state index is 0.334. The predicted octanol–water partition coefficient (Wildman–Crippen LogP) is 2.33. The number of nitrogens with zero attached hydrogens (tertiary/aromatic N) is 2. The number of thiazole rings is 1. The van der Waals surface area contributed by atoms with Gasteiger partial charge in [0.05, 0.1) is 11.2 Å². The zero-order chi connectivity index (χ0) is 11.5. The van der Waals surface area contributed by atoms with Crippen molar-refractivity contribution in [1.82, 2.24) is 20.5 Å². The summed E-state index contributed by atoms with van der Waals surface area (Å²) in [6.07, 6.45) is 1.91. The quantitative estimate of drug-likeness (QED) is 0.856. The molecule has 16 heavy (non-hydrogen) atoms. The van der Waals surface area contributed by atoms with E-state index in [1.165, 1.54) is 10.4 Å². The molecule has 4 nitrogen and oxygen atoms in total. The molecular formula is C11H16N4S. The Labute approximate surface area is 99.1 Å². The van der Waals surface area contributed by atoms with Gasteiger partial charge in [0.25, 0.3) is 0 Å². The molecule has 0 aliphatic carbocycles. The lowest BCUT2D eigenvalue weighted by Gasteiger charge is -2.11. The lowest BCUT2D eigenvalue weighted by Crippen LogP contribution is -2.17. The van der Waals surface area contributed by atoms with Gasteiger partial charge < -0.3 is 5.32 Å². The van der Waals surface area contributed by atoms with Crippen molar-refractivity contribution in [2.45, 2.75) is 33.4 Å². The molecule has 2 rings (SSSR count). The Hall–Kier alpha value is -1.20. The van der Waals surface area contributed by atoms with Crippen LogP contribution < -0.4 is 5.32 Å². The number of H-pyrrole nitrogens is 1. The molecule has 2 heterocycles. The van der Waals surface area contributed by atoms with Crippen LogP contribution in [0.25, 0.3) is 0 Å². The van der Waals surface area contributed by atoms with E-state index < -0.39 is 0 Å². The molecule has 0 amide bonds. The minimum Gasteiger partial charge on any atom is -0.305 e. The molecule has 0 radical (unpaired) electrons. The highest BCUT2D eigenvalue weighted by molar-refractivity contribution is 7.09. The number of aromatic nitrogens is 3. The fourth-order valence-corrected chi connectivity index (χ4v) is 2.28. The first-order valence-electron chi connectivity index (χ1n) is 5.30. The lowest BCUT2D eigenvalue weighted by molar-refractivity contribution is 0.579. The van der Waals surface area contributed by atoms with E-state index in [2.05, 4.69) is 27.4 Å². The number of hydrogen-bond acceptors (Lipinski definition) is 4. The van der Waals surface area contributed by atoms with Crippen molar-refractivity contribution >= 4 is 11.3 Å². The van der Waals surface area contributed by atoms with Gasteiger partial charge in [-0.3, -0.25) is 10.1 Å². The second-order valence-corrected chi connectivity index (χ2v) is 4.84. The Kier molecular flexibility index (Phi) is 3.36. The van der Waals surface area contributed by atoms with Crippen molar-refractivity contribution in [3.8, 4) is 0 Å². The van der Waals surface area contributed by atoms with Crippen molar-refractivity contribution < 1.29 is 0 Å². The van der Waals surface area contributed by atoms with Gasteiger partial charge >= 0.3 is 0 Å². The number of hydrogen-bond donors (Lipinski definition) is 2. The summed E-state index contributed by atoms with van der Waals surface area (Å²) in [6.45, 7) is 7.07. The molecule has 0 aromatic carbocycles. The van der Waals surface area contributed by atoms with E-state index in [1.807, 2.05) is 25.6 Å². The van der Waals surface area contributed by atoms with E-state index in [0.717, 1.165) is 17.9 Å². The van der Waals surface area contributed by atoms with Crippen molar-refractivity contribution in [1.29, 1.82) is 0 Å². The van der Waals surface area contributed by atoms with Gasteiger partial charge in [0, 0.05) is 34.9 Å². The molecule has 0 fully saturated rings. The Morgan fingerprint density at radius 2 is 2.31 bits per heavy atom. The highest BCUT2D eigenvalue weighted by Gasteiger charge is 2.10. The first kappa shape index (κ1) is 11.3. The zero-order valence-corrected chi connectivity index (χ0v) is 10.6. The van der Waals surface area contributed by atoms with Gasteiger partial charge in [0.15, 0.2) is 0 Å². The minimum atomic E-state index is 0.334. The molecule has 86 valence electrons. The molecule has 1 atom stereocenters. The normalized spacial score (nSPS) is 12.9. The van der Waals surface area contributed by atoms with E-state index in [0.29, 0.717) is 6.04 Å². The van der Waals surface area contributed by atoms with Crippen LogP contribution in [0.5, 0.6) is 0 Å². The summed E-state index contributed by atoms with van der Waals surface area (Å²) in [5.41, 5.74) is 5.33. The average molecular weight is 236 g/mol. The van der Waals surface area contributed by atoms with E-state index in [1.54, 1.807) is 11.3 Å². The van der Waals surface area contributed by atoms with Crippen LogP contribution in [-0.4, -0.2) is 15.2 Å². The Morgan fingerprint density at radius 3 is 2.88 bits per heavy atom. The topological polar surface area (TPSA) is 53.6 Å². The van der Waals surface area contributed by atoms with Gasteiger partial charge in [-0.25, -0.2) is 0 Å². The van der Waals surface area contributed by atoms with Crippen LogP contribution in [0.2, 0.25) is 0 Å². The summed E-state index contributed by atoms with van der Waals surface area (Å²) in [4.78, 5) is 5.35. The van der Waals surface area contributed by atoms with Crippen LogP contribution in [0.1, 0.15) is 34.8 Å². The average Bonchev–Trinajstić information content (AvgIpc) is 2.87. The van der Waals surface area contributed by atoms with Gasteiger partial charge in [-0.1, -0.05) is 0 Å². The van der Waals surface area contributed by atoms with Gasteiger partial charge in [0.2, 0.25) is 0 Å². The molecule has 1 unspecified atom stereocenters. The Morgan fingerprint density at radius 1 is 1.50 bits per heavy atom. The molecule has 0 spiro atoms. The third-order valence-electron chi connectivity index (χ3n) is 2.74. The monoisotopic (exact) mass is 236 g/mol. The SMILES string of the molecule is Cc1n[nH]c(C)c1CNC(C)c1cncs1. The van der Waals surface area contributed by atoms with E-state index in [9.17, 15) is 0 Å². The van der Waals surface area contributed by atoms with Crippen LogP contribution in [-0.2, 0) is 6.54 Å². The van der Waals surface area contributed by atoms with E-state index in [4.69, 9.17) is 0 Å². The molecule has 0 aliphatic rings. The molecule has 0 bridgehead atoms. The Balaban J connectivity index is 1.98. The van der Waals surface area contributed by atoms with E-state index in [-0.39, 0.29) is 0 Å². The molecular weight excluding hydrogens is 220 g/mol. The summed E-state index contributed by atoms with van der Waals surface area (Å²) in [5.74, 6) is 0. The second-order valence-electron chi connectivity index (χ2n) is 3.92. The number of nitrogens with one attached hydrogen (secondary N) is 2. The molecule has 2 N–H and O–H groups in total. The first-order chi connectivity index (χ1) is 7.68. The van der Waals surface area contributed by atoms with Gasteiger partial charge in [-0.15, -0.1) is 11.3 Å². The maximum atomic E-state index is 4.18. The highest BCUT2D eigenvalue weighted by Crippen LogP contribution is 2.17. The van der Waals surface area contributed by atoms with Crippen molar-refractivity contribution in [2.75, 3.05) is 0 Å². The molecule has 2 aromatic rings. The highest BCUT2D eigenvalue weighted by atomic mass is 32.1. The van der Waals surface area contributed by atoms with Gasteiger partial charge in [0.1, 0.15) is 0 Å². The van der Waals surface area contributed by atoms with Crippen LogP contribution in [0, 0.1) is 13.8 Å². The molecule has 5 heteroatoms. The van der Waals surface area contributed by atoms with Crippen LogP contribution in [0.15, 0.2) is 11.7 Å². The van der Waals surface area contributed by atoms with Crippen LogP contribution >= 0.6 is 11.3 Å². The third kappa shape index (κ3) is 2.31. The summed E-state index contributed by atoms with van der Waals surface area (Å²) < 4.78 is 0. The van der Waals surface area contributed by atoms with E-state index >= 15 is 0 Å². The summed E-state index contributed by atoms with van der Waals surface area (Å²) >= 11 is 1.68. The van der Waals surface area contributed by atoms with Crippen molar-refractivity contribution in [2.24, 2.45) is 0 Å². The summed E-state index contributed by atoms with van der Waals surface area (Å²) in [6, 6.07) is 0.334. The second kappa shape index (κ2) is 4.76. The molecule has 0 saturated heterocycles.